The molecular weight excluding hydrogens is 278 g/mol. The van der Waals surface area contributed by atoms with Gasteiger partial charge in [-0.2, -0.15) is 0 Å². The van der Waals surface area contributed by atoms with Crippen molar-refractivity contribution in [3.63, 3.8) is 0 Å². The predicted octanol–water partition coefficient (Wildman–Crippen LogP) is 1.41. The lowest BCUT2D eigenvalue weighted by molar-refractivity contribution is 0.563. The number of nitrogen functional groups attached to an aromatic ring is 1. The molecule has 0 atom stereocenters. The van der Waals surface area contributed by atoms with E-state index in [1.54, 1.807) is 24.7 Å². The Hall–Kier alpha value is -1.99. The van der Waals surface area contributed by atoms with Gasteiger partial charge in [-0.25, -0.2) is 13.1 Å². The molecule has 0 spiro atoms. The van der Waals surface area contributed by atoms with Crippen molar-refractivity contribution in [2.45, 2.75) is 11.4 Å². The van der Waals surface area contributed by atoms with E-state index < -0.39 is 10.0 Å². The van der Waals surface area contributed by atoms with Gasteiger partial charge in [-0.3, -0.25) is 0 Å². The first-order chi connectivity index (χ1) is 9.44. The highest BCUT2D eigenvalue weighted by Gasteiger charge is 2.15. The summed E-state index contributed by atoms with van der Waals surface area (Å²) in [6, 6.07) is 6.48. The third kappa shape index (κ3) is 2.94. The van der Waals surface area contributed by atoms with Crippen LogP contribution in [0, 0.1) is 0 Å². The van der Waals surface area contributed by atoms with Gasteiger partial charge in [0.2, 0.25) is 10.0 Å². The Morgan fingerprint density at radius 3 is 2.70 bits per heavy atom. The van der Waals surface area contributed by atoms with E-state index in [1.165, 1.54) is 13.1 Å². The molecule has 0 fully saturated rings. The lowest BCUT2D eigenvalue weighted by Gasteiger charge is -2.21. The number of rotatable bonds is 5. The molecule has 20 heavy (non-hydrogen) atoms. The van der Waals surface area contributed by atoms with Crippen molar-refractivity contribution in [1.82, 2.24) is 4.72 Å². The third-order valence-corrected chi connectivity index (χ3v) is 4.40. The zero-order valence-corrected chi connectivity index (χ0v) is 12.1. The van der Waals surface area contributed by atoms with Crippen LogP contribution < -0.4 is 15.4 Å². The van der Waals surface area contributed by atoms with E-state index in [4.69, 9.17) is 10.2 Å². The maximum atomic E-state index is 11.8. The molecule has 2 rings (SSSR count). The van der Waals surface area contributed by atoms with Gasteiger partial charge in [-0.05, 0) is 31.3 Å². The molecule has 1 heterocycles. The summed E-state index contributed by atoms with van der Waals surface area (Å²) in [7, 11) is -0.266. The highest BCUT2D eigenvalue weighted by molar-refractivity contribution is 7.89. The van der Waals surface area contributed by atoms with Crippen LogP contribution in [0.3, 0.4) is 0 Å². The molecule has 1 aromatic heterocycles. The first-order valence-corrected chi connectivity index (χ1v) is 7.47. The van der Waals surface area contributed by atoms with E-state index >= 15 is 0 Å². The Labute approximate surface area is 118 Å². The number of nitrogens with zero attached hydrogens (tertiary/aromatic N) is 1. The first kappa shape index (κ1) is 14.4. The van der Waals surface area contributed by atoms with Crippen LogP contribution in [0.1, 0.15) is 5.56 Å². The highest BCUT2D eigenvalue weighted by Crippen LogP contribution is 2.27. The normalized spacial score (nSPS) is 11.5. The minimum atomic E-state index is -3.48. The molecule has 0 saturated heterocycles. The van der Waals surface area contributed by atoms with Crippen LogP contribution in [0.5, 0.6) is 0 Å². The van der Waals surface area contributed by atoms with E-state index in [1.807, 2.05) is 18.0 Å². The smallest absolute Gasteiger partial charge is 0.240 e. The molecule has 108 valence electrons. The molecule has 0 unspecified atom stereocenters. The topological polar surface area (TPSA) is 88.6 Å². The monoisotopic (exact) mass is 295 g/mol. The first-order valence-electron chi connectivity index (χ1n) is 5.99. The second-order valence-electron chi connectivity index (χ2n) is 4.42. The molecule has 0 aliphatic rings. The molecule has 1 aromatic carbocycles. The number of sulfonamides is 1. The zero-order chi connectivity index (χ0) is 14.8. The Kier molecular flexibility index (Phi) is 4.01. The van der Waals surface area contributed by atoms with Gasteiger partial charge in [-0.15, -0.1) is 0 Å². The second kappa shape index (κ2) is 5.56. The average Bonchev–Trinajstić information content (AvgIpc) is 2.91. The fourth-order valence-electron chi connectivity index (χ4n) is 1.88. The van der Waals surface area contributed by atoms with Crippen LogP contribution in [-0.2, 0) is 16.6 Å². The molecule has 0 amide bonds. The molecular formula is C13H17N3O3S. The minimum Gasteiger partial charge on any atom is -0.472 e. The number of anilines is 2. The van der Waals surface area contributed by atoms with Gasteiger partial charge in [-0.1, -0.05) is 0 Å². The second-order valence-corrected chi connectivity index (χ2v) is 6.30. The van der Waals surface area contributed by atoms with Crippen LogP contribution in [-0.4, -0.2) is 22.5 Å². The summed E-state index contributed by atoms with van der Waals surface area (Å²) >= 11 is 0. The van der Waals surface area contributed by atoms with E-state index in [9.17, 15) is 8.42 Å². The summed E-state index contributed by atoms with van der Waals surface area (Å²) < 4.78 is 30.9. The number of benzene rings is 1. The van der Waals surface area contributed by atoms with Crippen molar-refractivity contribution < 1.29 is 12.8 Å². The molecule has 0 bridgehead atoms. The minimum absolute atomic E-state index is 0.184. The van der Waals surface area contributed by atoms with E-state index in [0.717, 1.165) is 5.56 Å². The van der Waals surface area contributed by atoms with Gasteiger partial charge in [0.05, 0.1) is 28.8 Å². The Morgan fingerprint density at radius 1 is 1.35 bits per heavy atom. The molecule has 3 N–H and O–H groups in total. The number of hydrogen-bond donors (Lipinski definition) is 2. The van der Waals surface area contributed by atoms with Crippen LogP contribution in [0.4, 0.5) is 11.4 Å². The molecule has 0 saturated carbocycles. The Morgan fingerprint density at radius 2 is 2.10 bits per heavy atom. The average molecular weight is 295 g/mol. The van der Waals surface area contributed by atoms with Crippen molar-refractivity contribution in [2.24, 2.45) is 0 Å². The van der Waals surface area contributed by atoms with Crippen LogP contribution in [0.25, 0.3) is 0 Å². The lowest BCUT2D eigenvalue weighted by Crippen LogP contribution is -2.21. The summed E-state index contributed by atoms with van der Waals surface area (Å²) in [5.74, 6) is 0. The van der Waals surface area contributed by atoms with Gasteiger partial charge in [0, 0.05) is 19.2 Å². The predicted molar refractivity (Wildman–Crippen MR) is 77.9 cm³/mol. The van der Waals surface area contributed by atoms with Crippen molar-refractivity contribution in [3.8, 4) is 0 Å². The Balaban J connectivity index is 2.33. The molecule has 0 radical (unpaired) electrons. The number of nitrogens with two attached hydrogens (primary N) is 1. The summed E-state index contributed by atoms with van der Waals surface area (Å²) in [6.45, 7) is 0.573. The SMILES string of the molecule is CNS(=O)(=O)c1ccc(N)c(N(C)Cc2ccoc2)c1. The summed E-state index contributed by atoms with van der Waals surface area (Å²) in [6.07, 6.45) is 3.23. The molecule has 0 aliphatic heterocycles. The highest BCUT2D eigenvalue weighted by atomic mass is 32.2. The lowest BCUT2D eigenvalue weighted by atomic mass is 10.2. The Bertz CT molecular complexity index is 681. The fraction of sp³-hybridized carbons (Fsp3) is 0.231. The summed E-state index contributed by atoms with van der Waals surface area (Å²) in [4.78, 5) is 2.05. The molecule has 6 nitrogen and oxygen atoms in total. The fourth-order valence-corrected chi connectivity index (χ4v) is 2.63. The largest absolute Gasteiger partial charge is 0.472 e. The van der Waals surface area contributed by atoms with Crippen LogP contribution in [0.2, 0.25) is 0 Å². The molecule has 7 heteroatoms. The summed E-state index contributed by atoms with van der Waals surface area (Å²) in [5, 5.41) is 0. The van der Waals surface area contributed by atoms with Crippen LogP contribution >= 0.6 is 0 Å². The van der Waals surface area contributed by atoms with Gasteiger partial charge >= 0.3 is 0 Å². The summed E-state index contributed by atoms with van der Waals surface area (Å²) in [5.41, 5.74) is 8.08. The number of hydrogen-bond acceptors (Lipinski definition) is 5. The quantitative estimate of drug-likeness (QED) is 0.814. The molecule has 2 aromatic rings. The number of nitrogens with one attached hydrogen (secondary N) is 1. The maximum Gasteiger partial charge on any atom is 0.240 e. The van der Waals surface area contributed by atoms with Crippen molar-refractivity contribution in [3.05, 3.63) is 42.4 Å². The van der Waals surface area contributed by atoms with Gasteiger partial charge in [0.15, 0.2) is 0 Å². The van der Waals surface area contributed by atoms with Gasteiger partial charge in [0.1, 0.15) is 0 Å². The zero-order valence-electron chi connectivity index (χ0n) is 11.3. The van der Waals surface area contributed by atoms with Crippen LogP contribution in [0.15, 0.2) is 46.1 Å². The van der Waals surface area contributed by atoms with Crippen molar-refractivity contribution in [1.29, 1.82) is 0 Å². The third-order valence-electron chi connectivity index (χ3n) is 2.99. The van der Waals surface area contributed by atoms with E-state index in [0.29, 0.717) is 17.9 Å². The van der Waals surface area contributed by atoms with E-state index in [-0.39, 0.29) is 4.90 Å². The van der Waals surface area contributed by atoms with Gasteiger partial charge in [0.25, 0.3) is 0 Å². The standard InChI is InChI=1S/C13H17N3O3S/c1-15-20(17,18)11-3-4-12(14)13(7-11)16(2)8-10-5-6-19-9-10/h3-7,9,15H,8,14H2,1-2H3. The van der Waals surface area contributed by atoms with Crippen molar-refractivity contribution in [2.75, 3.05) is 24.7 Å². The van der Waals surface area contributed by atoms with E-state index in [2.05, 4.69) is 4.72 Å². The number of furan rings is 1. The van der Waals surface area contributed by atoms with Crippen molar-refractivity contribution >= 4 is 21.4 Å². The van der Waals surface area contributed by atoms with Gasteiger partial charge < -0.3 is 15.1 Å². The maximum absolute atomic E-state index is 11.8. The molecule has 0 aliphatic carbocycles.